The van der Waals surface area contributed by atoms with Crippen molar-refractivity contribution in [3.05, 3.63) is 71.9 Å². The average molecular weight is 251 g/mol. The third-order valence-electron chi connectivity index (χ3n) is 3.33. The molecule has 2 nitrogen and oxygen atoms in total. The van der Waals surface area contributed by atoms with Crippen molar-refractivity contribution in [1.29, 1.82) is 0 Å². The molecular formula is C17H17NO. The summed E-state index contributed by atoms with van der Waals surface area (Å²) in [4.78, 5) is 0. The van der Waals surface area contributed by atoms with E-state index < -0.39 is 0 Å². The Morgan fingerprint density at radius 2 is 1.89 bits per heavy atom. The maximum absolute atomic E-state index is 5.83. The number of hydrogen-bond donors (Lipinski definition) is 1. The van der Waals surface area contributed by atoms with E-state index in [1.807, 2.05) is 24.3 Å². The fourth-order valence-corrected chi connectivity index (χ4v) is 2.27. The largest absolute Gasteiger partial charge is 0.489 e. The number of ether oxygens (including phenoxy) is 1. The van der Waals surface area contributed by atoms with E-state index in [1.54, 1.807) is 0 Å². The van der Waals surface area contributed by atoms with Crippen LogP contribution in [0.5, 0.6) is 5.75 Å². The Labute approximate surface area is 113 Å². The molecule has 0 atom stereocenters. The van der Waals surface area contributed by atoms with Crippen molar-refractivity contribution in [2.75, 3.05) is 5.32 Å². The molecular weight excluding hydrogens is 234 g/mol. The highest BCUT2D eigenvalue weighted by Gasteiger charge is 2.11. The van der Waals surface area contributed by atoms with Gasteiger partial charge in [0.1, 0.15) is 12.4 Å². The maximum Gasteiger partial charge on any atom is 0.120 e. The second kappa shape index (κ2) is 5.19. The van der Waals surface area contributed by atoms with Crippen LogP contribution >= 0.6 is 0 Å². The summed E-state index contributed by atoms with van der Waals surface area (Å²) in [5.74, 6) is 0.928. The molecule has 1 heterocycles. The van der Waals surface area contributed by atoms with E-state index in [9.17, 15) is 0 Å². The highest BCUT2D eigenvalue weighted by Crippen LogP contribution is 2.29. The van der Waals surface area contributed by atoms with Crippen molar-refractivity contribution in [2.45, 2.75) is 19.4 Å². The molecule has 19 heavy (non-hydrogen) atoms. The monoisotopic (exact) mass is 251 g/mol. The van der Waals surface area contributed by atoms with Crippen molar-refractivity contribution in [1.82, 2.24) is 0 Å². The third-order valence-corrected chi connectivity index (χ3v) is 3.33. The van der Waals surface area contributed by atoms with Crippen LogP contribution in [0, 0.1) is 0 Å². The summed E-state index contributed by atoms with van der Waals surface area (Å²) >= 11 is 0. The van der Waals surface area contributed by atoms with E-state index in [1.165, 1.54) is 11.1 Å². The van der Waals surface area contributed by atoms with Crippen LogP contribution in [0.4, 0.5) is 5.69 Å². The lowest BCUT2D eigenvalue weighted by molar-refractivity contribution is 0.306. The smallest absolute Gasteiger partial charge is 0.120 e. The Morgan fingerprint density at radius 3 is 2.74 bits per heavy atom. The molecule has 2 heteroatoms. The predicted molar refractivity (Wildman–Crippen MR) is 78.3 cm³/mol. The van der Waals surface area contributed by atoms with Crippen molar-refractivity contribution >= 4 is 5.69 Å². The Balaban J connectivity index is 1.71. The zero-order chi connectivity index (χ0) is 13.1. The van der Waals surface area contributed by atoms with Crippen LogP contribution in [0.15, 0.2) is 60.8 Å². The zero-order valence-corrected chi connectivity index (χ0v) is 10.9. The summed E-state index contributed by atoms with van der Waals surface area (Å²) in [5, 5.41) is 3.31. The standard InChI is InChI=1S/C17H17NO/c1-13-7-8-15-11-16(9-10-17(15)18-13)19-12-14-5-3-2-4-6-14/h2-6,9-11,18H,1,7-8,12H2. The van der Waals surface area contributed by atoms with Crippen LogP contribution < -0.4 is 10.1 Å². The van der Waals surface area contributed by atoms with E-state index in [0.29, 0.717) is 6.61 Å². The minimum atomic E-state index is 0.611. The first-order chi connectivity index (χ1) is 9.31. The SMILES string of the molecule is C=C1CCc2cc(OCc3ccccc3)ccc2N1. The molecule has 0 unspecified atom stereocenters. The lowest BCUT2D eigenvalue weighted by Crippen LogP contribution is -2.09. The first-order valence-electron chi connectivity index (χ1n) is 6.56. The van der Waals surface area contributed by atoms with Gasteiger partial charge < -0.3 is 10.1 Å². The molecule has 2 aromatic carbocycles. The molecule has 1 aliphatic rings. The van der Waals surface area contributed by atoms with Gasteiger partial charge in [0, 0.05) is 11.4 Å². The Kier molecular flexibility index (Phi) is 3.23. The number of nitrogens with one attached hydrogen (secondary N) is 1. The first-order valence-corrected chi connectivity index (χ1v) is 6.56. The molecule has 1 N–H and O–H groups in total. The molecule has 2 aromatic rings. The topological polar surface area (TPSA) is 21.3 Å². The van der Waals surface area contributed by atoms with Gasteiger partial charge >= 0.3 is 0 Å². The molecule has 96 valence electrons. The van der Waals surface area contributed by atoms with E-state index in [2.05, 4.69) is 36.2 Å². The number of aryl methyl sites for hydroxylation is 1. The molecule has 0 amide bonds. The van der Waals surface area contributed by atoms with Gasteiger partial charge in [-0.05, 0) is 42.2 Å². The summed E-state index contributed by atoms with van der Waals surface area (Å²) in [6, 6.07) is 16.4. The normalized spacial score (nSPS) is 13.6. The number of benzene rings is 2. The van der Waals surface area contributed by atoms with Crippen LogP contribution in [-0.4, -0.2) is 0 Å². The Hall–Kier alpha value is -2.22. The van der Waals surface area contributed by atoms with Crippen molar-refractivity contribution in [2.24, 2.45) is 0 Å². The van der Waals surface area contributed by atoms with Gasteiger partial charge in [-0.25, -0.2) is 0 Å². The van der Waals surface area contributed by atoms with Crippen LogP contribution in [-0.2, 0) is 13.0 Å². The van der Waals surface area contributed by atoms with Gasteiger partial charge in [-0.2, -0.15) is 0 Å². The Morgan fingerprint density at radius 1 is 1.05 bits per heavy atom. The maximum atomic E-state index is 5.83. The lowest BCUT2D eigenvalue weighted by atomic mass is 10.0. The highest BCUT2D eigenvalue weighted by atomic mass is 16.5. The van der Waals surface area contributed by atoms with Crippen LogP contribution in [0.25, 0.3) is 0 Å². The van der Waals surface area contributed by atoms with Gasteiger partial charge in [-0.15, -0.1) is 0 Å². The second-order valence-corrected chi connectivity index (χ2v) is 4.82. The summed E-state index contributed by atoms with van der Waals surface area (Å²) in [6.45, 7) is 4.58. The molecule has 3 rings (SSSR count). The quantitative estimate of drug-likeness (QED) is 0.885. The molecule has 0 fully saturated rings. The summed E-state index contributed by atoms with van der Waals surface area (Å²) in [5.41, 5.74) is 4.73. The fourth-order valence-electron chi connectivity index (χ4n) is 2.27. The number of allylic oxidation sites excluding steroid dienone is 1. The molecule has 0 spiro atoms. The van der Waals surface area contributed by atoms with Gasteiger partial charge in [-0.3, -0.25) is 0 Å². The summed E-state index contributed by atoms with van der Waals surface area (Å²) < 4.78 is 5.83. The van der Waals surface area contributed by atoms with Gasteiger partial charge in [0.25, 0.3) is 0 Å². The van der Waals surface area contributed by atoms with E-state index in [0.717, 1.165) is 30.0 Å². The lowest BCUT2D eigenvalue weighted by Gasteiger charge is -2.20. The molecule has 0 saturated carbocycles. The van der Waals surface area contributed by atoms with Crippen molar-refractivity contribution in [3.63, 3.8) is 0 Å². The summed E-state index contributed by atoms with van der Waals surface area (Å²) in [6.07, 6.45) is 2.03. The third kappa shape index (κ3) is 2.79. The molecule has 0 saturated heterocycles. The van der Waals surface area contributed by atoms with E-state index in [-0.39, 0.29) is 0 Å². The van der Waals surface area contributed by atoms with Crippen LogP contribution in [0.1, 0.15) is 17.5 Å². The van der Waals surface area contributed by atoms with Crippen molar-refractivity contribution < 1.29 is 4.74 Å². The van der Waals surface area contributed by atoms with Crippen LogP contribution in [0.2, 0.25) is 0 Å². The van der Waals surface area contributed by atoms with E-state index >= 15 is 0 Å². The fraction of sp³-hybridized carbons (Fsp3) is 0.176. The highest BCUT2D eigenvalue weighted by molar-refractivity contribution is 5.59. The molecule has 0 aliphatic carbocycles. The van der Waals surface area contributed by atoms with Crippen LogP contribution in [0.3, 0.4) is 0 Å². The predicted octanol–water partition coefficient (Wildman–Crippen LogP) is 4.14. The number of fused-ring (bicyclic) bond motifs is 1. The van der Waals surface area contributed by atoms with Gasteiger partial charge in [0.05, 0.1) is 0 Å². The number of rotatable bonds is 3. The molecule has 0 aromatic heterocycles. The van der Waals surface area contributed by atoms with Gasteiger partial charge in [0.15, 0.2) is 0 Å². The van der Waals surface area contributed by atoms with Gasteiger partial charge in [-0.1, -0.05) is 36.9 Å². The Bertz CT molecular complexity index is 589. The van der Waals surface area contributed by atoms with Gasteiger partial charge in [0.2, 0.25) is 0 Å². The first kappa shape index (κ1) is 11.8. The zero-order valence-electron chi connectivity index (χ0n) is 10.9. The molecule has 0 bridgehead atoms. The minimum absolute atomic E-state index is 0.611. The number of hydrogen-bond acceptors (Lipinski definition) is 2. The van der Waals surface area contributed by atoms with E-state index in [4.69, 9.17) is 4.74 Å². The number of anilines is 1. The second-order valence-electron chi connectivity index (χ2n) is 4.82. The average Bonchev–Trinajstić information content (AvgIpc) is 2.46. The minimum Gasteiger partial charge on any atom is -0.489 e. The molecule has 1 aliphatic heterocycles. The summed E-state index contributed by atoms with van der Waals surface area (Å²) in [7, 11) is 0. The molecule has 0 radical (unpaired) electrons. The van der Waals surface area contributed by atoms with Crippen molar-refractivity contribution in [3.8, 4) is 5.75 Å².